The van der Waals surface area contributed by atoms with Crippen LogP contribution >= 0.6 is 0 Å². The highest BCUT2D eigenvalue weighted by molar-refractivity contribution is 5.97. The number of alkyl halides is 3. The quantitative estimate of drug-likeness (QED) is 0.846. The Hall–Kier alpha value is -1.27. The van der Waals surface area contributed by atoms with Gasteiger partial charge in [-0.2, -0.15) is 13.2 Å². The largest absolute Gasteiger partial charge is 0.406 e. The van der Waals surface area contributed by atoms with Crippen LogP contribution in [-0.2, 0) is 9.59 Å². The summed E-state index contributed by atoms with van der Waals surface area (Å²) in [5.74, 6) is -1.43. The molecule has 2 unspecified atom stereocenters. The number of carbonyl (C=O) groups is 2. The molecule has 2 amide bonds. The standard InChI is InChI=1S/C12H17F3N2O2/c1-6(2)9-10(18)16-8(7-3-4-7)11(19)17(9)5-12(13,14)15/h6-9H,3-5H2,1-2H3,(H,16,18). The highest BCUT2D eigenvalue weighted by Crippen LogP contribution is 2.36. The van der Waals surface area contributed by atoms with Crippen LogP contribution in [0, 0.1) is 11.8 Å². The van der Waals surface area contributed by atoms with Crippen LogP contribution in [0.3, 0.4) is 0 Å². The van der Waals surface area contributed by atoms with Crippen LogP contribution in [0.1, 0.15) is 26.7 Å². The molecule has 19 heavy (non-hydrogen) atoms. The molecule has 1 saturated carbocycles. The van der Waals surface area contributed by atoms with Gasteiger partial charge in [-0.15, -0.1) is 0 Å². The van der Waals surface area contributed by atoms with Crippen LogP contribution < -0.4 is 5.32 Å². The van der Waals surface area contributed by atoms with E-state index in [-0.39, 0.29) is 11.8 Å². The van der Waals surface area contributed by atoms with Crippen LogP contribution in [0.2, 0.25) is 0 Å². The third-order valence-electron chi connectivity index (χ3n) is 3.53. The van der Waals surface area contributed by atoms with Gasteiger partial charge in [-0.1, -0.05) is 13.8 Å². The van der Waals surface area contributed by atoms with Crippen molar-refractivity contribution in [1.82, 2.24) is 10.2 Å². The van der Waals surface area contributed by atoms with E-state index in [2.05, 4.69) is 5.32 Å². The Morgan fingerprint density at radius 1 is 1.32 bits per heavy atom. The van der Waals surface area contributed by atoms with Gasteiger partial charge in [-0.3, -0.25) is 9.59 Å². The number of nitrogens with one attached hydrogen (secondary N) is 1. The molecule has 0 spiro atoms. The Kier molecular flexibility index (Phi) is 3.49. The molecule has 0 aromatic carbocycles. The van der Waals surface area contributed by atoms with E-state index in [0.29, 0.717) is 4.90 Å². The predicted molar refractivity (Wildman–Crippen MR) is 61.0 cm³/mol. The van der Waals surface area contributed by atoms with E-state index in [1.54, 1.807) is 13.8 Å². The van der Waals surface area contributed by atoms with Gasteiger partial charge in [0, 0.05) is 0 Å². The van der Waals surface area contributed by atoms with E-state index in [0.717, 1.165) is 12.8 Å². The summed E-state index contributed by atoms with van der Waals surface area (Å²) in [6, 6.07) is -1.81. The van der Waals surface area contributed by atoms with Crippen LogP contribution in [0.15, 0.2) is 0 Å². The SMILES string of the molecule is CC(C)C1C(=O)NC(C2CC2)C(=O)N1CC(F)(F)F. The van der Waals surface area contributed by atoms with Crippen molar-refractivity contribution in [2.45, 2.75) is 44.9 Å². The fourth-order valence-corrected chi connectivity index (χ4v) is 2.54. The zero-order chi connectivity index (χ0) is 14.4. The number of rotatable bonds is 3. The summed E-state index contributed by atoms with van der Waals surface area (Å²) in [6.45, 7) is 1.92. The Bertz CT molecular complexity index is 391. The first-order valence-electron chi connectivity index (χ1n) is 6.38. The lowest BCUT2D eigenvalue weighted by molar-refractivity contribution is -0.176. The first-order chi connectivity index (χ1) is 8.70. The third-order valence-corrected chi connectivity index (χ3v) is 3.53. The van der Waals surface area contributed by atoms with Crippen molar-refractivity contribution in [2.24, 2.45) is 11.8 Å². The van der Waals surface area contributed by atoms with E-state index < -0.39 is 36.6 Å². The first kappa shape index (κ1) is 14.1. The molecule has 0 aromatic rings. The summed E-state index contributed by atoms with van der Waals surface area (Å²) in [7, 11) is 0. The number of amides is 2. The molecular weight excluding hydrogens is 261 g/mol. The van der Waals surface area contributed by atoms with Crippen molar-refractivity contribution in [2.75, 3.05) is 6.54 Å². The Morgan fingerprint density at radius 2 is 1.89 bits per heavy atom. The average molecular weight is 278 g/mol. The smallest absolute Gasteiger partial charge is 0.342 e. The first-order valence-corrected chi connectivity index (χ1v) is 6.38. The van der Waals surface area contributed by atoms with Gasteiger partial charge in [0.15, 0.2) is 0 Å². The Balaban J connectivity index is 2.23. The van der Waals surface area contributed by atoms with E-state index in [9.17, 15) is 22.8 Å². The maximum Gasteiger partial charge on any atom is 0.406 e. The number of halogens is 3. The molecule has 1 aliphatic heterocycles. The number of carbonyl (C=O) groups excluding carboxylic acids is 2. The maximum absolute atomic E-state index is 12.6. The van der Waals surface area contributed by atoms with E-state index >= 15 is 0 Å². The molecule has 1 saturated heterocycles. The van der Waals surface area contributed by atoms with Gasteiger partial charge < -0.3 is 10.2 Å². The second kappa shape index (κ2) is 4.68. The Labute approximate surface area is 109 Å². The van der Waals surface area contributed by atoms with Gasteiger partial charge in [0.25, 0.3) is 0 Å². The van der Waals surface area contributed by atoms with Crippen LogP contribution in [-0.4, -0.2) is 41.5 Å². The number of hydrogen-bond acceptors (Lipinski definition) is 2. The third kappa shape index (κ3) is 3.01. The number of hydrogen-bond donors (Lipinski definition) is 1. The summed E-state index contributed by atoms with van der Waals surface area (Å²) < 4.78 is 37.8. The van der Waals surface area contributed by atoms with Crippen LogP contribution in [0.5, 0.6) is 0 Å². The highest BCUT2D eigenvalue weighted by atomic mass is 19.4. The molecule has 0 aromatic heterocycles. The molecule has 2 fully saturated rings. The van der Waals surface area contributed by atoms with Crippen molar-refractivity contribution < 1.29 is 22.8 Å². The zero-order valence-electron chi connectivity index (χ0n) is 10.8. The summed E-state index contributed by atoms with van der Waals surface area (Å²) in [5, 5.41) is 2.58. The van der Waals surface area contributed by atoms with Crippen molar-refractivity contribution in [1.29, 1.82) is 0 Å². The summed E-state index contributed by atoms with van der Waals surface area (Å²) in [6.07, 6.45) is -2.93. The predicted octanol–water partition coefficient (Wildman–Crippen LogP) is 1.31. The molecule has 1 heterocycles. The van der Waals surface area contributed by atoms with Gasteiger partial charge >= 0.3 is 6.18 Å². The van der Waals surface area contributed by atoms with Crippen LogP contribution in [0.4, 0.5) is 13.2 Å². The summed E-state index contributed by atoms with van der Waals surface area (Å²) >= 11 is 0. The monoisotopic (exact) mass is 278 g/mol. The minimum absolute atomic E-state index is 0.000274. The Morgan fingerprint density at radius 3 is 2.32 bits per heavy atom. The fourth-order valence-electron chi connectivity index (χ4n) is 2.54. The van der Waals surface area contributed by atoms with E-state index in [1.165, 1.54) is 0 Å². The minimum atomic E-state index is -4.49. The lowest BCUT2D eigenvalue weighted by Crippen LogP contribution is -2.66. The lowest BCUT2D eigenvalue weighted by Gasteiger charge is -2.41. The lowest BCUT2D eigenvalue weighted by atomic mass is 9.95. The molecule has 1 N–H and O–H groups in total. The summed E-state index contributed by atoms with van der Waals surface area (Å²) in [4.78, 5) is 24.8. The maximum atomic E-state index is 12.6. The second-order valence-corrected chi connectivity index (χ2v) is 5.59. The van der Waals surface area contributed by atoms with Crippen molar-refractivity contribution in [3.8, 4) is 0 Å². The van der Waals surface area contributed by atoms with E-state index in [4.69, 9.17) is 0 Å². The average Bonchev–Trinajstić information content (AvgIpc) is 3.04. The van der Waals surface area contributed by atoms with Crippen molar-refractivity contribution in [3.05, 3.63) is 0 Å². The molecule has 1 aliphatic carbocycles. The topological polar surface area (TPSA) is 49.4 Å². The van der Waals surface area contributed by atoms with Crippen LogP contribution in [0.25, 0.3) is 0 Å². The highest BCUT2D eigenvalue weighted by Gasteiger charge is 2.50. The van der Waals surface area contributed by atoms with E-state index in [1.807, 2.05) is 0 Å². The molecule has 108 valence electrons. The molecule has 7 heteroatoms. The number of nitrogens with zero attached hydrogens (tertiary/aromatic N) is 1. The molecule has 2 aliphatic rings. The zero-order valence-corrected chi connectivity index (χ0v) is 10.8. The minimum Gasteiger partial charge on any atom is -0.342 e. The fraction of sp³-hybridized carbons (Fsp3) is 0.833. The normalized spacial score (nSPS) is 28.8. The molecule has 2 atom stereocenters. The summed E-state index contributed by atoms with van der Waals surface area (Å²) in [5.41, 5.74) is 0. The van der Waals surface area contributed by atoms with Gasteiger partial charge in [0.1, 0.15) is 18.6 Å². The molecular formula is C12H17F3N2O2. The van der Waals surface area contributed by atoms with Gasteiger partial charge in [0.2, 0.25) is 11.8 Å². The number of piperazine rings is 1. The molecule has 2 rings (SSSR count). The second-order valence-electron chi connectivity index (χ2n) is 5.59. The van der Waals surface area contributed by atoms with Gasteiger partial charge in [-0.25, -0.2) is 0 Å². The van der Waals surface area contributed by atoms with Gasteiger partial charge in [-0.05, 0) is 24.7 Å². The van der Waals surface area contributed by atoms with Crippen molar-refractivity contribution >= 4 is 11.8 Å². The van der Waals surface area contributed by atoms with Crippen molar-refractivity contribution in [3.63, 3.8) is 0 Å². The molecule has 0 bridgehead atoms. The van der Waals surface area contributed by atoms with Gasteiger partial charge in [0.05, 0.1) is 0 Å². The molecule has 4 nitrogen and oxygen atoms in total. The molecule has 0 radical (unpaired) electrons.